The van der Waals surface area contributed by atoms with Gasteiger partial charge in [-0.05, 0) is 36.0 Å². The van der Waals surface area contributed by atoms with Crippen LogP contribution in [-0.4, -0.2) is 33.5 Å². The molecular weight excluding hydrogens is 372 g/mol. The summed E-state index contributed by atoms with van der Waals surface area (Å²) in [6.07, 6.45) is 3.69. The highest BCUT2D eigenvalue weighted by molar-refractivity contribution is 8.18. The number of nitrogens with zero attached hydrogens (tertiary/aromatic N) is 3. The molecule has 2 heterocycles. The van der Waals surface area contributed by atoms with E-state index in [9.17, 15) is 9.59 Å². The van der Waals surface area contributed by atoms with E-state index >= 15 is 0 Å². The molecule has 0 unspecified atom stereocenters. The number of hydrogen-bond acceptors (Lipinski definition) is 4. The van der Waals surface area contributed by atoms with Crippen molar-refractivity contribution in [1.29, 1.82) is 0 Å². The fourth-order valence-corrected chi connectivity index (χ4v) is 4.07. The number of aliphatic imine (C=N–C) groups is 1. The van der Waals surface area contributed by atoms with Crippen molar-refractivity contribution in [2.24, 2.45) is 10.7 Å². The normalized spacial score (nSPS) is 17.2. The lowest BCUT2D eigenvalue weighted by Crippen LogP contribution is -2.23. The number of primary amides is 1. The van der Waals surface area contributed by atoms with Crippen molar-refractivity contribution in [2.45, 2.75) is 6.54 Å². The zero-order valence-electron chi connectivity index (χ0n) is 15.2. The maximum atomic E-state index is 12.7. The van der Waals surface area contributed by atoms with Crippen LogP contribution in [0.15, 0.2) is 70.7 Å². The highest BCUT2D eigenvalue weighted by Gasteiger charge is 2.30. The lowest BCUT2D eigenvalue weighted by molar-refractivity contribution is -0.121. The minimum atomic E-state index is -0.414. The van der Waals surface area contributed by atoms with Crippen LogP contribution in [0.4, 0.5) is 5.69 Å². The van der Waals surface area contributed by atoms with Crippen LogP contribution in [0.5, 0.6) is 0 Å². The summed E-state index contributed by atoms with van der Waals surface area (Å²) in [5, 5.41) is 1.59. The predicted molar refractivity (Wildman–Crippen MR) is 113 cm³/mol. The fourth-order valence-electron chi connectivity index (χ4n) is 3.09. The number of fused-ring (bicyclic) bond motifs is 1. The first-order valence-electron chi connectivity index (χ1n) is 8.70. The average Bonchev–Trinajstić information content (AvgIpc) is 3.15. The Balaban J connectivity index is 1.72. The molecule has 2 N–H and O–H groups in total. The van der Waals surface area contributed by atoms with E-state index in [1.807, 2.05) is 66.9 Å². The van der Waals surface area contributed by atoms with Gasteiger partial charge in [0.25, 0.3) is 5.91 Å². The van der Waals surface area contributed by atoms with E-state index < -0.39 is 5.91 Å². The number of amidine groups is 1. The minimum absolute atomic E-state index is 0.0887. The Kier molecular flexibility index (Phi) is 4.75. The van der Waals surface area contributed by atoms with Gasteiger partial charge in [0.15, 0.2) is 5.17 Å². The van der Waals surface area contributed by atoms with Crippen LogP contribution in [0.1, 0.15) is 5.56 Å². The second-order valence-corrected chi connectivity index (χ2v) is 7.41. The van der Waals surface area contributed by atoms with Crippen LogP contribution in [0, 0.1) is 0 Å². The predicted octanol–water partition coefficient (Wildman–Crippen LogP) is 3.36. The molecule has 1 aliphatic rings. The summed E-state index contributed by atoms with van der Waals surface area (Å²) in [6, 6.07) is 17.3. The second-order valence-electron chi connectivity index (χ2n) is 6.40. The highest BCUT2D eigenvalue weighted by atomic mass is 32.2. The van der Waals surface area contributed by atoms with Gasteiger partial charge in [-0.2, -0.15) is 0 Å². The second kappa shape index (κ2) is 7.36. The summed E-state index contributed by atoms with van der Waals surface area (Å²) in [4.78, 5) is 30.8. The van der Waals surface area contributed by atoms with Crippen LogP contribution < -0.4 is 5.73 Å². The summed E-state index contributed by atoms with van der Waals surface area (Å²) >= 11 is 1.33. The number of likely N-dealkylation sites (N-methyl/N-ethyl adjacent to an activating group) is 1. The maximum Gasteiger partial charge on any atom is 0.266 e. The number of amides is 2. The number of hydrogen-bond donors (Lipinski definition) is 1. The fraction of sp³-hybridized carbons (Fsp3) is 0.0952. The smallest absolute Gasteiger partial charge is 0.266 e. The van der Waals surface area contributed by atoms with E-state index in [2.05, 4.69) is 4.99 Å². The highest BCUT2D eigenvalue weighted by Crippen LogP contribution is 2.34. The van der Waals surface area contributed by atoms with Gasteiger partial charge in [0.1, 0.15) is 6.54 Å². The molecule has 1 aliphatic heterocycles. The molecule has 2 amide bonds. The molecule has 1 aromatic heterocycles. The Morgan fingerprint density at radius 2 is 1.86 bits per heavy atom. The van der Waals surface area contributed by atoms with Gasteiger partial charge < -0.3 is 10.3 Å². The Labute approximate surface area is 166 Å². The molecule has 140 valence electrons. The van der Waals surface area contributed by atoms with Crippen LogP contribution in [-0.2, 0) is 16.1 Å². The van der Waals surface area contributed by atoms with Crippen molar-refractivity contribution >= 4 is 51.4 Å². The first kappa shape index (κ1) is 18.1. The van der Waals surface area contributed by atoms with Gasteiger partial charge >= 0.3 is 0 Å². The van der Waals surface area contributed by atoms with E-state index in [4.69, 9.17) is 5.73 Å². The molecule has 28 heavy (non-hydrogen) atoms. The molecule has 0 saturated carbocycles. The van der Waals surface area contributed by atoms with Gasteiger partial charge in [-0.1, -0.05) is 36.4 Å². The largest absolute Gasteiger partial charge is 0.368 e. The number of thioether (sulfide) groups is 1. The molecule has 6 nitrogen and oxygen atoms in total. The molecule has 0 aliphatic carbocycles. The van der Waals surface area contributed by atoms with Crippen LogP contribution >= 0.6 is 11.8 Å². The van der Waals surface area contributed by atoms with E-state index in [-0.39, 0.29) is 12.5 Å². The van der Waals surface area contributed by atoms with Crippen molar-refractivity contribution in [1.82, 2.24) is 9.47 Å². The first-order chi connectivity index (χ1) is 13.5. The Bertz CT molecular complexity index is 1130. The SMILES string of the molecule is CN1C(=O)/C(=C/c2cn(CC(N)=O)c3ccccc23)SC1=Nc1ccccc1. The molecule has 0 atom stereocenters. The molecule has 1 saturated heterocycles. The molecule has 2 aromatic carbocycles. The van der Waals surface area contributed by atoms with Crippen LogP contribution in [0.2, 0.25) is 0 Å². The van der Waals surface area contributed by atoms with Gasteiger partial charge in [-0.3, -0.25) is 14.5 Å². The Morgan fingerprint density at radius 3 is 2.61 bits per heavy atom. The molecule has 0 radical (unpaired) electrons. The quantitative estimate of drug-likeness (QED) is 0.694. The van der Waals surface area contributed by atoms with E-state index in [0.29, 0.717) is 10.1 Å². The molecule has 0 bridgehead atoms. The summed E-state index contributed by atoms with van der Waals surface area (Å²) < 4.78 is 1.80. The topological polar surface area (TPSA) is 80.7 Å². The summed E-state index contributed by atoms with van der Waals surface area (Å²) in [5.41, 5.74) is 7.92. The molecule has 7 heteroatoms. The number of nitrogens with two attached hydrogens (primary N) is 1. The third-order valence-electron chi connectivity index (χ3n) is 4.42. The van der Waals surface area contributed by atoms with Gasteiger partial charge in [-0.15, -0.1) is 0 Å². The summed E-state index contributed by atoms with van der Waals surface area (Å²) in [6.45, 7) is 0.0887. The number of benzene rings is 2. The zero-order valence-corrected chi connectivity index (χ0v) is 16.0. The van der Waals surface area contributed by atoms with E-state index in [1.165, 1.54) is 11.8 Å². The van der Waals surface area contributed by atoms with Crippen LogP contribution in [0.3, 0.4) is 0 Å². The monoisotopic (exact) mass is 390 g/mol. The number of carbonyl (C=O) groups is 2. The van der Waals surface area contributed by atoms with Crippen molar-refractivity contribution in [2.75, 3.05) is 7.05 Å². The van der Waals surface area contributed by atoms with Crippen molar-refractivity contribution < 1.29 is 9.59 Å². The zero-order chi connectivity index (χ0) is 19.7. The van der Waals surface area contributed by atoms with Gasteiger partial charge in [0.2, 0.25) is 5.91 Å². The number of aromatic nitrogens is 1. The number of rotatable bonds is 4. The van der Waals surface area contributed by atoms with Crippen LogP contribution in [0.25, 0.3) is 17.0 Å². The average molecular weight is 390 g/mol. The standard InChI is InChI=1S/C21H18N4O2S/c1-24-20(27)18(28-21(24)23-15-7-3-2-4-8-15)11-14-12-25(13-19(22)26)17-10-6-5-9-16(14)17/h2-12H,13H2,1H3,(H2,22,26)/b18-11-,23-21?. The molecule has 1 fully saturated rings. The third kappa shape index (κ3) is 3.44. The number of para-hydroxylation sites is 2. The van der Waals surface area contributed by atoms with E-state index in [1.54, 1.807) is 16.5 Å². The van der Waals surface area contributed by atoms with Gasteiger partial charge in [0.05, 0.1) is 10.6 Å². The van der Waals surface area contributed by atoms with E-state index in [0.717, 1.165) is 22.2 Å². The maximum absolute atomic E-state index is 12.7. The molecule has 3 aromatic rings. The lowest BCUT2D eigenvalue weighted by atomic mass is 10.1. The molecule has 4 rings (SSSR count). The summed E-state index contributed by atoms with van der Waals surface area (Å²) in [7, 11) is 1.72. The Hall–Kier alpha value is -3.32. The molecular formula is C21H18N4O2S. The first-order valence-corrected chi connectivity index (χ1v) is 9.52. The molecule has 0 spiro atoms. The summed E-state index contributed by atoms with van der Waals surface area (Å²) in [5.74, 6) is -0.519. The third-order valence-corrected chi connectivity index (χ3v) is 5.48. The van der Waals surface area contributed by atoms with Gasteiger partial charge in [0, 0.05) is 29.7 Å². The van der Waals surface area contributed by atoms with Crippen molar-refractivity contribution in [3.05, 3.63) is 71.3 Å². The van der Waals surface area contributed by atoms with Gasteiger partial charge in [-0.25, -0.2) is 4.99 Å². The Morgan fingerprint density at radius 1 is 1.14 bits per heavy atom. The van der Waals surface area contributed by atoms with Crippen molar-refractivity contribution in [3.8, 4) is 0 Å². The lowest BCUT2D eigenvalue weighted by Gasteiger charge is -2.06. The number of carbonyl (C=O) groups excluding carboxylic acids is 2. The minimum Gasteiger partial charge on any atom is -0.368 e. The van der Waals surface area contributed by atoms with Crippen molar-refractivity contribution in [3.63, 3.8) is 0 Å².